The average molecular weight is 368 g/mol. The zero-order valence-electron chi connectivity index (χ0n) is 14.2. The van der Waals surface area contributed by atoms with Gasteiger partial charge in [-0.1, -0.05) is 12.1 Å². The van der Waals surface area contributed by atoms with Crippen molar-refractivity contribution in [2.24, 2.45) is 10.9 Å². The van der Waals surface area contributed by atoms with E-state index >= 15 is 0 Å². The molecular formula is C18H19F3N2O3. The number of benzene rings is 1. The zero-order chi connectivity index (χ0) is 18.9. The van der Waals surface area contributed by atoms with Gasteiger partial charge in [0.1, 0.15) is 12.0 Å². The number of amides is 2. The number of halogens is 3. The molecule has 1 N–H and O–H groups in total. The lowest BCUT2D eigenvalue weighted by atomic mass is 9.88. The number of nitrogens with one attached hydrogen (secondary N) is 1. The minimum absolute atomic E-state index is 0.152. The van der Waals surface area contributed by atoms with Crippen LogP contribution >= 0.6 is 0 Å². The molecule has 2 aliphatic rings. The monoisotopic (exact) mass is 368 g/mol. The van der Waals surface area contributed by atoms with Gasteiger partial charge in [0.05, 0.1) is 11.6 Å². The number of hydrogen-bond donors (Lipinski definition) is 1. The maximum absolute atomic E-state index is 12.8. The van der Waals surface area contributed by atoms with Crippen LogP contribution < -0.4 is 5.32 Å². The first-order chi connectivity index (χ1) is 12.3. The Kier molecular flexibility index (Phi) is 5.02. The summed E-state index contributed by atoms with van der Waals surface area (Å²) in [6.07, 6.45) is -1.02. The summed E-state index contributed by atoms with van der Waals surface area (Å²) in [5.41, 5.74) is -0.102. The topological polar surface area (TPSA) is 67.8 Å². The first-order valence-corrected chi connectivity index (χ1v) is 8.49. The van der Waals surface area contributed by atoms with Gasteiger partial charge in [-0.15, -0.1) is 0 Å². The molecule has 5 nitrogen and oxygen atoms in total. The number of hydrogen-bond acceptors (Lipinski definition) is 3. The van der Waals surface area contributed by atoms with E-state index in [9.17, 15) is 22.8 Å². The summed E-state index contributed by atoms with van der Waals surface area (Å²) >= 11 is 0. The Morgan fingerprint density at radius 2 is 1.81 bits per heavy atom. The van der Waals surface area contributed by atoms with Crippen molar-refractivity contribution in [1.82, 2.24) is 5.32 Å². The Morgan fingerprint density at radius 1 is 1.19 bits per heavy atom. The molecule has 0 aromatic heterocycles. The lowest BCUT2D eigenvalue weighted by Crippen LogP contribution is -2.44. The van der Waals surface area contributed by atoms with Gasteiger partial charge in [0.25, 0.3) is 0 Å². The summed E-state index contributed by atoms with van der Waals surface area (Å²) in [4.78, 5) is 28.2. The lowest BCUT2D eigenvalue weighted by molar-refractivity contribution is -0.152. The van der Waals surface area contributed by atoms with Gasteiger partial charge in [-0.05, 0) is 50.3 Å². The number of nitrogens with zero attached hydrogens (tertiary/aromatic N) is 1. The fourth-order valence-electron chi connectivity index (χ4n) is 3.43. The van der Waals surface area contributed by atoms with E-state index in [1.807, 2.05) is 0 Å². The number of aliphatic imine (C=N–C) groups is 1. The smallest absolute Gasteiger partial charge is 0.416 e. The van der Waals surface area contributed by atoms with Crippen LogP contribution in [0.5, 0.6) is 0 Å². The van der Waals surface area contributed by atoms with Gasteiger partial charge in [0.2, 0.25) is 0 Å². The van der Waals surface area contributed by atoms with Crippen molar-refractivity contribution in [2.75, 3.05) is 0 Å². The molecule has 0 radical (unpaired) electrons. The molecule has 1 unspecified atom stereocenters. The van der Waals surface area contributed by atoms with Crippen LogP contribution in [-0.4, -0.2) is 23.8 Å². The van der Waals surface area contributed by atoms with E-state index in [1.54, 1.807) is 6.92 Å². The lowest BCUT2D eigenvalue weighted by Gasteiger charge is -2.30. The molecule has 26 heavy (non-hydrogen) atoms. The fraction of sp³-hybridized carbons (Fsp3) is 0.500. The summed E-state index contributed by atoms with van der Waals surface area (Å²) < 4.78 is 43.8. The van der Waals surface area contributed by atoms with Crippen LogP contribution in [0.15, 0.2) is 29.3 Å². The molecule has 0 spiro atoms. The number of alkyl halides is 3. The number of carbonyl (C=O) groups excluding carboxylic acids is 2. The molecule has 140 valence electrons. The molecule has 2 amide bonds. The van der Waals surface area contributed by atoms with Crippen molar-refractivity contribution < 1.29 is 27.5 Å². The van der Waals surface area contributed by atoms with Crippen LogP contribution in [0.4, 0.5) is 18.0 Å². The number of urea groups is 1. The molecule has 1 fully saturated rings. The van der Waals surface area contributed by atoms with Gasteiger partial charge in [0, 0.05) is 5.71 Å². The molecule has 1 aliphatic carbocycles. The van der Waals surface area contributed by atoms with Gasteiger partial charge >= 0.3 is 18.2 Å². The molecule has 1 aromatic rings. The Hall–Kier alpha value is -2.38. The van der Waals surface area contributed by atoms with E-state index in [4.69, 9.17) is 4.74 Å². The van der Waals surface area contributed by atoms with Crippen LogP contribution in [0.2, 0.25) is 0 Å². The molecule has 0 saturated heterocycles. The van der Waals surface area contributed by atoms with Crippen molar-refractivity contribution in [3.63, 3.8) is 0 Å². The van der Waals surface area contributed by atoms with Crippen LogP contribution in [0, 0.1) is 5.92 Å². The number of carbonyl (C=O) groups is 2. The van der Waals surface area contributed by atoms with E-state index in [2.05, 4.69) is 10.3 Å². The normalized spacial score (nSPS) is 24.2. The Morgan fingerprint density at radius 3 is 2.38 bits per heavy atom. The van der Waals surface area contributed by atoms with Crippen LogP contribution in [0.25, 0.3) is 0 Å². The van der Waals surface area contributed by atoms with E-state index in [0.717, 1.165) is 37.8 Å². The third-order valence-corrected chi connectivity index (χ3v) is 4.78. The fourth-order valence-corrected chi connectivity index (χ4v) is 3.43. The highest BCUT2D eigenvalue weighted by Gasteiger charge is 2.39. The SMILES string of the molecule is CC1=NC(=O)N[C@H](c2ccc(C(F)(F)F)cc2)C1C(=O)OC1CCCC1. The third-order valence-electron chi connectivity index (χ3n) is 4.78. The van der Waals surface area contributed by atoms with E-state index in [0.29, 0.717) is 11.3 Å². The molecule has 3 rings (SSSR count). The van der Waals surface area contributed by atoms with Crippen molar-refractivity contribution in [2.45, 2.75) is 50.9 Å². The highest BCUT2D eigenvalue weighted by atomic mass is 19.4. The van der Waals surface area contributed by atoms with Gasteiger partial charge in [0.15, 0.2) is 0 Å². The number of esters is 1. The molecule has 8 heteroatoms. The Labute approximate surface area is 148 Å². The van der Waals surface area contributed by atoms with Crippen molar-refractivity contribution in [1.29, 1.82) is 0 Å². The third kappa shape index (κ3) is 3.89. The first kappa shape index (κ1) is 18.4. The second-order valence-electron chi connectivity index (χ2n) is 6.62. The average Bonchev–Trinajstić information content (AvgIpc) is 3.06. The molecule has 1 saturated carbocycles. The maximum Gasteiger partial charge on any atom is 0.416 e. The van der Waals surface area contributed by atoms with Gasteiger partial charge < -0.3 is 10.1 Å². The summed E-state index contributed by atoms with van der Waals surface area (Å²) in [6.45, 7) is 1.55. The van der Waals surface area contributed by atoms with Crippen molar-refractivity contribution in [3.05, 3.63) is 35.4 Å². The summed E-state index contributed by atoms with van der Waals surface area (Å²) in [6, 6.07) is 2.96. The standard InChI is InChI=1S/C18H19F3N2O3/c1-10-14(16(24)26-13-4-2-3-5-13)15(23-17(25)22-10)11-6-8-12(9-7-11)18(19,20)21/h6-9,13-15H,2-5H2,1H3,(H,23,25)/t14?,15-/m1/s1. The van der Waals surface area contributed by atoms with Crippen molar-refractivity contribution >= 4 is 17.7 Å². The highest BCUT2D eigenvalue weighted by molar-refractivity contribution is 6.08. The summed E-state index contributed by atoms with van der Waals surface area (Å²) in [7, 11) is 0. The van der Waals surface area contributed by atoms with Gasteiger partial charge in [-0.25, -0.2) is 9.79 Å². The van der Waals surface area contributed by atoms with Crippen LogP contribution in [0.1, 0.15) is 49.8 Å². The van der Waals surface area contributed by atoms with Gasteiger partial charge in [-0.2, -0.15) is 13.2 Å². The molecule has 1 aliphatic heterocycles. The minimum atomic E-state index is -4.45. The Balaban J connectivity index is 1.85. The number of rotatable bonds is 3. The molecule has 0 bridgehead atoms. The van der Waals surface area contributed by atoms with Crippen LogP contribution in [-0.2, 0) is 15.7 Å². The van der Waals surface area contributed by atoms with E-state index < -0.39 is 35.7 Å². The maximum atomic E-state index is 12.8. The van der Waals surface area contributed by atoms with E-state index in [1.165, 1.54) is 12.1 Å². The van der Waals surface area contributed by atoms with Crippen molar-refractivity contribution in [3.8, 4) is 0 Å². The number of ether oxygens (including phenoxy) is 1. The minimum Gasteiger partial charge on any atom is -0.462 e. The first-order valence-electron chi connectivity index (χ1n) is 8.49. The second-order valence-corrected chi connectivity index (χ2v) is 6.62. The second kappa shape index (κ2) is 7.09. The predicted octanol–water partition coefficient (Wildman–Crippen LogP) is 4.03. The van der Waals surface area contributed by atoms with E-state index in [-0.39, 0.29) is 6.10 Å². The largest absolute Gasteiger partial charge is 0.462 e. The molecule has 2 atom stereocenters. The summed E-state index contributed by atoms with van der Waals surface area (Å²) in [5, 5.41) is 2.57. The molecule has 1 heterocycles. The summed E-state index contributed by atoms with van der Waals surface area (Å²) in [5.74, 6) is -1.37. The predicted molar refractivity (Wildman–Crippen MR) is 87.7 cm³/mol. The molecule has 1 aromatic carbocycles. The van der Waals surface area contributed by atoms with Gasteiger partial charge in [-0.3, -0.25) is 4.79 Å². The Bertz CT molecular complexity index is 722. The quantitative estimate of drug-likeness (QED) is 0.819. The molecular weight excluding hydrogens is 349 g/mol. The highest BCUT2D eigenvalue weighted by Crippen LogP contribution is 2.33. The zero-order valence-corrected chi connectivity index (χ0v) is 14.2. The van der Waals surface area contributed by atoms with Crippen LogP contribution in [0.3, 0.4) is 0 Å².